The Hall–Kier alpha value is -1.13. The molecule has 2 fully saturated rings. The van der Waals surface area contributed by atoms with E-state index in [1.165, 1.54) is 12.8 Å². The number of rotatable bonds is 3. The minimum absolute atomic E-state index is 0.0595. The quantitative estimate of drug-likeness (QED) is 0.923. The lowest BCUT2D eigenvalue weighted by atomic mass is 10.0. The van der Waals surface area contributed by atoms with E-state index in [2.05, 4.69) is 35.0 Å². The van der Waals surface area contributed by atoms with Crippen molar-refractivity contribution in [1.29, 1.82) is 0 Å². The van der Waals surface area contributed by atoms with Gasteiger partial charge in [-0.3, -0.25) is 4.90 Å². The van der Waals surface area contributed by atoms with Crippen LogP contribution in [0.5, 0.6) is 0 Å². The summed E-state index contributed by atoms with van der Waals surface area (Å²) in [5.41, 5.74) is 2.08. The molecule has 21 heavy (non-hydrogen) atoms. The van der Waals surface area contributed by atoms with Crippen LogP contribution >= 0.6 is 0 Å². The van der Waals surface area contributed by atoms with Gasteiger partial charge in [0.25, 0.3) is 0 Å². The van der Waals surface area contributed by atoms with Crippen LogP contribution in [0.2, 0.25) is 0 Å². The van der Waals surface area contributed by atoms with Crippen molar-refractivity contribution >= 4 is 5.69 Å². The van der Waals surface area contributed by atoms with Crippen LogP contribution in [0.3, 0.4) is 0 Å². The summed E-state index contributed by atoms with van der Waals surface area (Å²) in [6, 6.07) is 5.52. The van der Waals surface area contributed by atoms with Crippen LogP contribution in [0.15, 0.2) is 18.2 Å². The van der Waals surface area contributed by atoms with E-state index in [1.54, 1.807) is 6.07 Å². The summed E-state index contributed by atoms with van der Waals surface area (Å²) in [6.45, 7) is 10.2. The lowest BCUT2D eigenvalue weighted by Gasteiger charge is -2.39. The summed E-state index contributed by atoms with van der Waals surface area (Å²) in [7, 11) is 0. The third-order valence-electron chi connectivity index (χ3n) is 4.57. The Morgan fingerprint density at radius 2 is 1.95 bits per heavy atom. The second-order valence-corrected chi connectivity index (χ2v) is 6.95. The number of piperazine rings is 1. The van der Waals surface area contributed by atoms with E-state index >= 15 is 0 Å². The zero-order valence-electron chi connectivity index (χ0n) is 13.2. The van der Waals surface area contributed by atoms with Crippen molar-refractivity contribution < 1.29 is 4.39 Å². The van der Waals surface area contributed by atoms with Gasteiger partial charge in [0.1, 0.15) is 5.82 Å². The lowest BCUT2D eigenvalue weighted by Crippen LogP contribution is -2.56. The molecule has 0 spiro atoms. The van der Waals surface area contributed by atoms with Gasteiger partial charge in [-0.15, -0.1) is 0 Å². The molecule has 0 atom stereocenters. The standard InChI is InChI=1S/C17H26FN3/c1-17(2)13-20(11-8-19-17)12-14-15(18)6-5-7-16(14)21-9-3-4-10-21/h5-7,19H,3-4,8-13H2,1-2H3. The third kappa shape index (κ3) is 3.38. The van der Waals surface area contributed by atoms with E-state index in [1.807, 2.05) is 6.07 Å². The average molecular weight is 291 g/mol. The van der Waals surface area contributed by atoms with Gasteiger partial charge in [0.2, 0.25) is 0 Å². The molecular weight excluding hydrogens is 265 g/mol. The summed E-state index contributed by atoms with van der Waals surface area (Å²) in [5, 5.41) is 3.51. The summed E-state index contributed by atoms with van der Waals surface area (Å²) in [5.74, 6) is -0.0595. The zero-order chi connectivity index (χ0) is 14.9. The summed E-state index contributed by atoms with van der Waals surface area (Å²) in [4.78, 5) is 4.71. The molecule has 1 N–H and O–H groups in total. The van der Waals surface area contributed by atoms with Crippen LogP contribution in [0.25, 0.3) is 0 Å². The molecule has 0 radical (unpaired) electrons. The van der Waals surface area contributed by atoms with Crippen LogP contribution in [0.4, 0.5) is 10.1 Å². The second kappa shape index (κ2) is 5.93. The van der Waals surface area contributed by atoms with Gasteiger partial charge in [-0.1, -0.05) is 6.07 Å². The van der Waals surface area contributed by atoms with Crippen molar-refractivity contribution in [2.24, 2.45) is 0 Å². The van der Waals surface area contributed by atoms with E-state index in [0.717, 1.165) is 44.0 Å². The molecule has 4 heteroatoms. The van der Waals surface area contributed by atoms with Crippen molar-refractivity contribution in [2.75, 3.05) is 37.6 Å². The molecule has 116 valence electrons. The summed E-state index contributed by atoms with van der Waals surface area (Å²) in [6.07, 6.45) is 2.44. The van der Waals surface area contributed by atoms with E-state index in [0.29, 0.717) is 6.54 Å². The highest BCUT2D eigenvalue weighted by atomic mass is 19.1. The van der Waals surface area contributed by atoms with E-state index in [-0.39, 0.29) is 11.4 Å². The van der Waals surface area contributed by atoms with Gasteiger partial charge in [-0.25, -0.2) is 4.39 Å². The number of benzene rings is 1. The summed E-state index contributed by atoms with van der Waals surface area (Å²) < 4.78 is 14.4. The highest BCUT2D eigenvalue weighted by molar-refractivity contribution is 5.54. The Morgan fingerprint density at radius 3 is 2.67 bits per heavy atom. The predicted octanol–water partition coefficient (Wildman–Crippen LogP) is 2.61. The first-order chi connectivity index (χ1) is 10.1. The third-order valence-corrected chi connectivity index (χ3v) is 4.57. The molecule has 2 saturated heterocycles. The molecule has 2 aliphatic heterocycles. The molecule has 0 unspecified atom stereocenters. The molecule has 2 aliphatic rings. The number of hydrogen-bond donors (Lipinski definition) is 1. The van der Waals surface area contributed by atoms with Crippen molar-refractivity contribution in [1.82, 2.24) is 10.2 Å². The molecule has 2 heterocycles. The van der Waals surface area contributed by atoms with E-state index in [9.17, 15) is 4.39 Å². The SMILES string of the molecule is CC1(C)CN(Cc2c(F)cccc2N2CCCC2)CCN1. The van der Waals surface area contributed by atoms with Gasteiger partial charge in [0, 0.05) is 56.1 Å². The fraction of sp³-hybridized carbons (Fsp3) is 0.647. The van der Waals surface area contributed by atoms with E-state index < -0.39 is 0 Å². The Kier molecular flexibility index (Phi) is 4.18. The predicted molar refractivity (Wildman–Crippen MR) is 85.2 cm³/mol. The lowest BCUT2D eigenvalue weighted by molar-refractivity contribution is 0.147. The fourth-order valence-electron chi connectivity index (χ4n) is 3.56. The molecule has 3 nitrogen and oxygen atoms in total. The molecule has 0 aromatic heterocycles. The van der Waals surface area contributed by atoms with E-state index in [4.69, 9.17) is 0 Å². The number of hydrogen-bond acceptors (Lipinski definition) is 3. The Balaban J connectivity index is 1.80. The van der Waals surface area contributed by atoms with Crippen molar-refractivity contribution in [2.45, 2.75) is 38.8 Å². The minimum atomic E-state index is -0.0595. The Bertz CT molecular complexity index is 495. The topological polar surface area (TPSA) is 18.5 Å². The fourth-order valence-corrected chi connectivity index (χ4v) is 3.56. The second-order valence-electron chi connectivity index (χ2n) is 6.95. The van der Waals surface area contributed by atoms with Crippen LogP contribution in [0.1, 0.15) is 32.3 Å². The van der Waals surface area contributed by atoms with Crippen molar-refractivity contribution in [3.8, 4) is 0 Å². The summed E-state index contributed by atoms with van der Waals surface area (Å²) >= 11 is 0. The average Bonchev–Trinajstić information content (AvgIpc) is 2.94. The van der Waals surface area contributed by atoms with Gasteiger partial charge in [0.15, 0.2) is 0 Å². The molecular formula is C17H26FN3. The van der Waals surface area contributed by atoms with Gasteiger partial charge in [-0.2, -0.15) is 0 Å². The van der Waals surface area contributed by atoms with Crippen molar-refractivity contribution in [3.05, 3.63) is 29.6 Å². The maximum Gasteiger partial charge on any atom is 0.129 e. The van der Waals surface area contributed by atoms with Crippen LogP contribution in [-0.2, 0) is 6.54 Å². The molecule has 1 aromatic carbocycles. The number of nitrogens with zero attached hydrogens (tertiary/aromatic N) is 2. The molecule has 0 bridgehead atoms. The van der Waals surface area contributed by atoms with Gasteiger partial charge < -0.3 is 10.2 Å². The van der Waals surface area contributed by atoms with Gasteiger partial charge in [0.05, 0.1) is 0 Å². The first-order valence-corrected chi connectivity index (χ1v) is 8.05. The normalized spacial score (nSPS) is 22.7. The van der Waals surface area contributed by atoms with Crippen LogP contribution in [-0.4, -0.2) is 43.2 Å². The minimum Gasteiger partial charge on any atom is -0.371 e. The highest BCUT2D eigenvalue weighted by Gasteiger charge is 2.27. The largest absolute Gasteiger partial charge is 0.371 e. The molecule has 0 aliphatic carbocycles. The maximum absolute atomic E-state index is 14.4. The molecule has 0 amide bonds. The molecule has 3 rings (SSSR count). The van der Waals surface area contributed by atoms with Gasteiger partial charge >= 0.3 is 0 Å². The van der Waals surface area contributed by atoms with Crippen LogP contribution in [0, 0.1) is 5.82 Å². The number of halogens is 1. The Labute approximate surface area is 127 Å². The van der Waals surface area contributed by atoms with Crippen molar-refractivity contribution in [3.63, 3.8) is 0 Å². The van der Waals surface area contributed by atoms with Crippen LogP contribution < -0.4 is 10.2 Å². The maximum atomic E-state index is 14.4. The number of nitrogens with one attached hydrogen (secondary N) is 1. The smallest absolute Gasteiger partial charge is 0.129 e. The molecule has 1 aromatic rings. The highest BCUT2D eigenvalue weighted by Crippen LogP contribution is 2.28. The Morgan fingerprint density at radius 1 is 1.19 bits per heavy atom. The monoisotopic (exact) mass is 291 g/mol. The zero-order valence-corrected chi connectivity index (χ0v) is 13.2. The molecule has 0 saturated carbocycles. The number of anilines is 1. The first kappa shape index (κ1) is 14.8. The van der Waals surface area contributed by atoms with Gasteiger partial charge in [-0.05, 0) is 38.8 Å². The first-order valence-electron chi connectivity index (χ1n) is 8.05.